The molecule has 0 saturated heterocycles. The first-order valence-corrected chi connectivity index (χ1v) is 3.16. The van der Waals surface area contributed by atoms with Crippen LogP contribution in [0, 0.1) is 0 Å². The molecule has 0 radical (unpaired) electrons. The van der Waals surface area contributed by atoms with Crippen molar-refractivity contribution < 1.29 is 14.6 Å². The standard InChI is InChI=1S/C4H7BrO3/c1-8-4(7)3(6)2-5/h3,6H,2H2,1H3/t3-/m0/s1. The van der Waals surface area contributed by atoms with Crippen molar-refractivity contribution in [2.45, 2.75) is 6.10 Å². The lowest BCUT2D eigenvalue weighted by Crippen LogP contribution is -2.22. The molecule has 0 saturated carbocycles. The molecule has 3 nitrogen and oxygen atoms in total. The zero-order valence-electron chi connectivity index (χ0n) is 4.43. The van der Waals surface area contributed by atoms with Crippen LogP contribution in [0.2, 0.25) is 0 Å². The molecule has 0 aliphatic heterocycles. The van der Waals surface area contributed by atoms with Crippen molar-refractivity contribution in [2.75, 3.05) is 12.4 Å². The summed E-state index contributed by atoms with van der Waals surface area (Å²) in [6.45, 7) is 0. The van der Waals surface area contributed by atoms with Crippen molar-refractivity contribution in [3.8, 4) is 0 Å². The van der Waals surface area contributed by atoms with Crippen LogP contribution in [0.25, 0.3) is 0 Å². The van der Waals surface area contributed by atoms with E-state index < -0.39 is 12.1 Å². The quantitative estimate of drug-likeness (QED) is 0.480. The predicted molar refractivity (Wildman–Crippen MR) is 31.8 cm³/mol. The van der Waals surface area contributed by atoms with Gasteiger partial charge in [0.1, 0.15) is 0 Å². The van der Waals surface area contributed by atoms with Crippen molar-refractivity contribution >= 4 is 21.9 Å². The highest BCUT2D eigenvalue weighted by Gasteiger charge is 2.11. The number of aliphatic hydroxyl groups is 1. The Morgan fingerprint density at radius 1 is 2.00 bits per heavy atom. The molecule has 0 bridgehead atoms. The van der Waals surface area contributed by atoms with E-state index in [0.717, 1.165) is 0 Å². The summed E-state index contributed by atoms with van der Waals surface area (Å²) < 4.78 is 4.18. The molecule has 0 aromatic carbocycles. The topological polar surface area (TPSA) is 46.5 Å². The summed E-state index contributed by atoms with van der Waals surface area (Å²) in [4.78, 5) is 10.2. The Morgan fingerprint density at radius 2 is 2.50 bits per heavy atom. The van der Waals surface area contributed by atoms with E-state index in [9.17, 15) is 4.79 Å². The fourth-order valence-corrected chi connectivity index (χ4v) is 0.463. The van der Waals surface area contributed by atoms with E-state index in [1.54, 1.807) is 0 Å². The average molecular weight is 183 g/mol. The van der Waals surface area contributed by atoms with Crippen LogP contribution < -0.4 is 0 Å². The molecule has 0 fully saturated rings. The van der Waals surface area contributed by atoms with Gasteiger partial charge in [-0.05, 0) is 0 Å². The Balaban J connectivity index is 3.46. The van der Waals surface area contributed by atoms with Crippen molar-refractivity contribution in [3.63, 3.8) is 0 Å². The second-order valence-corrected chi connectivity index (χ2v) is 1.84. The Bertz CT molecular complexity index is 83.4. The van der Waals surface area contributed by atoms with Crippen LogP contribution in [0.3, 0.4) is 0 Å². The summed E-state index contributed by atoms with van der Waals surface area (Å²) >= 11 is 2.91. The van der Waals surface area contributed by atoms with Crippen molar-refractivity contribution in [1.82, 2.24) is 0 Å². The molecule has 0 rings (SSSR count). The van der Waals surface area contributed by atoms with Crippen LogP contribution in [-0.4, -0.2) is 29.6 Å². The minimum absolute atomic E-state index is 0.222. The van der Waals surface area contributed by atoms with E-state index >= 15 is 0 Å². The summed E-state index contributed by atoms with van der Waals surface area (Å²) in [7, 11) is 1.23. The van der Waals surface area contributed by atoms with E-state index in [1.807, 2.05) is 0 Å². The van der Waals surface area contributed by atoms with Crippen molar-refractivity contribution in [3.05, 3.63) is 0 Å². The third-order valence-corrected chi connectivity index (χ3v) is 1.23. The number of alkyl halides is 1. The van der Waals surface area contributed by atoms with Crippen LogP contribution in [0.4, 0.5) is 0 Å². The van der Waals surface area contributed by atoms with Gasteiger partial charge in [-0.3, -0.25) is 0 Å². The van der Waals surface area contributed by atoms with Gasteiger partial charge in [0.05, 0.1) is 7.11 Å². The Hall–Kier alpha value is -0.0900. The fraction of sp³-hybridized carbons (Fsp3) is 0.750. The van der Waals surface area contributed by atoms with Gasteiger partial charge >= 0.3 is 5.97 Å². The van der Waals surface area contributed by atoms with Crippen LogP contribution in [-0.2, 0) is 9.53 Å². The van der Waals surface area contributed by atoms with Crippen LogP contribution in [0.5, 0.6) is 0 Å². The molecule has 4 heteroatoms. The van der Waals surface area contributed by atoms with E-state index in [1.165, 1.54) is 7.11 Å². The average Bonchev–Trinajstić information content (AvgIpc) is 1.84. The molecule has 1 atom stereocenters. The maximum absolute atomic E-state index is 10.2. The predicted octanol–water partition coefficient (Wildman–Crippen LogP) is -0.0848. The number of aliphatic hydroxyl groups excluding tert-OH is 1. The highest BCUT2D eigenvalue weighted by Crippen LogP contribution is 1.91. The molecule has 0 spiro atoms. The number of esters is 1. The molecule has 0 aromatic rings. The van der Waals surface area contributed by atoms with Gasteiger partial charge in [0.25, 0.3) is 0 Å². The maximum Gasteiger partial charge on any atom is 0.335 e. The molecule has 0 aliphatic rings. The molecular formula is C4H7BrO3. The van der Waals surface area contributed by atoms with E-state index in [-0.39, 0.29) is 5.33 Å². The summed E-state index contributed by atoms with van der Waals surface area (Å²) in [5, 5.41) is 8.83. The minimum Gasteiger partial charge on any atom is -0.467 e. The van der Waals surface area contributed by atoms with Gasteiger partial charge in [-0.15, -0.1) is 0 Å². The number of methoxy groups -OCH3 is 1. The maximum atomic E-state index is 10.2. The lowest BCUT2D eigenvalue weighted by molar-refractivity contribution is -0.148. The monoisotopic (exact) mass is 182 g/mol. The fourth-order valence-electron chi connectivity index (χ4n) is 0.199. The first-order chi connectivity index (χ1) is 3.72. The molecule has 0 unspecified atom stereocenters. The molecule has 48 valence electrons. The van der Waals surface area contributed by atoms with Crippen LogP contribution in [0.1, 0.15) is 0 Å². The van der Waals surface area contributed by atoms with Crippen LogP contribution in [0.15, 0.2) is 0 Å². The van der Waals surface area contributed by atoms with Gasteiger partial charge in [0.2, 0.25) is 0 Å². The van der Waals surface area contributed by atoms with Crippen molar-refractivity contribution in [2.24, 2.45) is 0 Å². The SMILES string of the molecule is COC(=O)[C@@H](O)CBr. The summed E-state index contributed by atoms with van der Waals surface area (Å²) in [6.07, 6.45) is -1.03. The number of ether oxygens (including phenoxy) is 1. The molecular weight excluding hydrogens is 176 g/mol. The summed E-state index contributed by atoms with van der Waals surface area (Å²) in [6, 6.07) is 0. The molecule has 1 N–H and O–H groups in total. The van der Waals surface area contributed by atoms with Gasteiger partial charge < -0.3 is 9.84 Å². The van der Waals surface area contributed by atoms with Gasteiger partial charge in [-0.2, -0.15) is 0 Å². The number of rotatable bonds is 2. The molecule has 0 amide bonds. The third-order valence-electron chi connectivity index (χ3n) is 0.619. The molecule has 0 aliphatic carbocycles. The zero-order valence-corrected chi connectivity index (χ0v) is 6.01. The number of carbonyl (C=O) groups is 1. The van der Waals surface area contributed by atoms with Gasteiger partial charge in [-0.1, -0.05) is 15.9 Å². The minimum atomic E-state index is -1.03. The van der Waals surface area contributed by atoms with Crippen LogP contribution >= 0.6 is 15.9 Å². The number of hydrogen-bond acceptors (Lipinski definition) is 3. The molecule has 8 heavy (non-hydrogen) atoms. The van der Waals surface area contributed by atoms with E-state index in [2.05, 4.69) is 20.7 Å². The second kappa shape index (κ2) is 3.86. The zero-order chi connectivity index (χ0) is 6.57. The van der Waals surface area contributed by atoms with Gasteiger partial charge in [-0.25, -0.2) is 4.79 Å². The van der Waals surface area contributed by atoms with E-state index in [4.69, 9.17) is 5.11 Å². The molecule has 0 aromatic heterocycles. The third kappa shape index (κ3) is 2.28. The van der Waals surface area contributed by atoms with Crippen molar-refractivity contribution in [1.29, 1.82) is 0 Å². The number of carbonyl (C=O) groups excluding carboxylic acids is 1. The lowest BCUT2D eigenvalue weighted by Gasteiger charge is -2.01. The van der Waals surface area contributed by atoms with Gasteiger partial charge in [0.15, 0.2) is 6.10 Å². The van der Waals surface area contributed by atoms with E-state index in [0.29, 0.717) is 0 Å². The highest BCUT2D eigenvalue weighted by atomic mass is 79.9. The number of hydrogen-bond donors (Lipinski definition) is 1. The Kier molecular flexibility index (Phi) is 3.81. The lowest BCUT2D eigenvalue weighted by atomic mass is 10.4. The normalized spacial score (nSPS) is 12.9. The first kappa shape index (κ1) is 7.91. The second-order valence-electron chi connectivity index (χ2n) is 1.19. The molecule has 0 heterocycles. The largest absolute Gasteiger partial charge is 0.467 e. The first-order valence-electron chi connectivity index (χ1n) is 2.04. The highest BCUT2D eigenvalue weighted by molar-refractivity contribution is 9.09. The number of halogens is 1. The Labute approximate surface area is 55.8 Å². The summed E-state index contributed by atoms with van der Waals surface area (Å²) in [5.41, 5.74) is 0. The Morgan fingerprint density at radius 3 is 2.62 bits per heavy atom. The summed E-state index contributed by atoms with van der Waals surface area (Å²) in [5.74, 6) is -0.609. The smallest absolute Gasteiger partial charge is 0.335 e. The van der Waals surface area contributed by atoms with Gasteiger partial charge in [0, 0.05) is 5.33 Å².